The summed E-state index contributed by atoms with van der Waals surface area (Å²) in [5.74, 6) is 0. The lowest BCUT2D eigenvalue weighted by atomic mass is 10.1. The number of halogens is 3. The third kappa shape index (κ3) is 6.36. The third-order valence-corrected chi connectivity index (χ3v) is 5.69. The molecule has 0 radical (unpaired) electrons. The van der Waals surface area contributed by atoms with Gasteiger partial charge in [-0.15, -0.1) is 0 Å². The first kappa shape index (κ1) is 22.9. The van der Waals surface area contributed by atoms with Gasteiger partial charge in [-0.2, -0.15) is 13.2 Å². The summed E-state index contributed by atoms with van der Waals surface area (Å²) in [6.45, 7) is 4.73. The van der Waals surface area contributed by atoms with Gasteiger partial charge in [0, 0.05) is 38.1 Å². The summed E-state index contributed by atoms with van der Waals surface area (Å²) in [5, 5.41) is 0. The van der Waals surface area contributed by atoms with Gasteiger partial charge in [0.25, 0.3) is 0 Å². The summed E-state index contributed by atoms with van der Waals surface area (Å²) < 4.78 is 41.4. The quantitative estimate of drug-likeness (QED) is 0.280. The van der Waals surface area contributed by atoms with E-state index in [-0.39, 0.29) is 0 Å². The number of aryl methyl sites for hydroxylation is 1. The van der Waals surface area contributed by atoms with E-state index < -0.39 is 11.7 Å². The van der Waals surface area contributed by atoms with Crippen LogP contribution in [0.15, 0.2) is 97.2 Å². The fourth-order valence-corrected chi connectivity index (χ4v) is 3.98. The molecule has 0 amide bonds. The molecule has 170 valence electrons. The van der Waals surface area contributed by atoms with Gasteiger partial charge in [-0.25, -0.2) is 0 Å². The average molecular weight is 449 g/mol. The van der Waals surface area contributed by atoms with E-state index in [1.807, 2.05) is 41.1 Å². The summed E-state index contributed by atoms with van der Waals surface area (Å²) in [4.78, 5) is 2.36. The lowest BCUT2D eigenvalue weighted by molar-refractivity contribution is -0.137. The first-order valence-corrected chi connectivity index (χ1v) is 11.0. The van der Waals surface area contributed by atoms with E-state index >= 15 is 0 Å². The second-order valence-electron chi connectivity index (χ2n) is 8.44. The zero-order valence-corrected chi connectivity index (χ0v) is 18.6. The number of alkyl halides is 3. The van der Waals surface area contributed by atoms with E-state index in [0.717, 1.165) is 24.8 Å². The number of aromatic nitrogens is 1. The molecular weight excluding hydrogens is 421 g/mol. The Kier molecular flexibility index (Phi) is 6.99. The third-order valence-electron chi connectivity index (χ3n) is 5.69. The Balaban J connectivity index is 1.54. The fourth-order valence-electron chi connectivity index (χ4n) is 3.98. The van der Waals surface area contributed by atoms with Gasteiger partial charge in [0.15, 0.2) is 0 Å². The number of benzene rings is 3. The van der Waals surface area contributed by atoms with Crippen LogP contribution in [0.1, 0.15) is 33.5 Å². The minimum absolute atomic E-state index is 0.399. The summed E-state index contributed by atoms with van der Waals surface area (Å²) in [5.41, 5.74) is 4.76. The second kappa shape index (κ2) is 10.1. The molecule has 1 aromatic heterocycles. The molecule has 0 aliphatic rings. The van der Waals surface area contributed by atoms with Crippen molar-refractivity contribution in [3.05, 3.63) is 131 Å². The number of nitrogens with zero attached hydrogens (tertiary/aromatic N) is 2. The molecule has 0 saturated heterocycles. The van der Waals surface area contributed by atoms with Gasteiger partial charge < -0.3 is 4.57 Å². The van der Waals surface area contributed by atoms with E-state index in [4.69, 9.17) is 0 Å². The van der Waals surface area contributed by atoms with Crippen molar-refractivity contribution in [3.8, 4) is 0 Å². The van der Waals surface area contributed by atoms with E-state index in [2.05, 4.69) is 48.2 Å². The predicted molar refractivity (Wildman–Crippen MR) is 126 cm³/mol. The zero-order valence-electron chi connectivity index (χ0n) is 18.6. The van der Waals surface area contributed by atoms with E-state index in [0.29, 0.717) is 18.7 Å². The maximum absolute atomic E-state index is 13.1. The van der Waals surface area contributed by atoms with Crippen LogP contribution >= 0.6 is 0 Å². The molecule has 2 nitrogen and oxygen atoms in total. The largest absolute Gasteiger partial charge is 0.416 e. The summed E-state index contributed by atoms with van der Waals surface area (Å²) in [6, 6.07) is 28.4. The average Bonchev–Trinajstić information content (AvgIpc) is 3.22. The predicted octanol–water partition coefficient (Wildman–Crippen LogP) is 7.07. The van der Waals surface area contributed by atoms with Gasteiger partial charge in [-0.1, -0.05) is 72.3 Å². The van der Waals surface area contributed by atoms with Crippen molar-refractivity contribution in [2.24, 2.45) is 0 Å². The summed E-state index contributed by atoms with van der Waals surface area (Å²) in [7, 11) is 0. The van der Waals surface area contributed by atoms with Crippen molar-refractivity contribution >= 4 is 0 Å². The molecule has 0 saturated carbocycles. The minimum atomic E-state index is -4.34. The van der Waals surface area contributed by atoms with Crippen molar-refractivity contribution in [2.75, 3.05) is 0 Å². The molecule has 4 aromatic rings. The van der Waals surface area contributed by atoms with Crippen LogP contribution in [0.5, 0.6) is 0 Å². The highest BCUT2D eigenvalue weighted by Crippen LogP contribution is 2.29. The molecule has 33 heavy (non-hydrogen) atoms. The Morgan fingerprint density at radius 3 is 2.06 bits per heavy atom. The molecule has 0 unspecified atom stereocenters. The van der Waals surface area contributed by atoms with Crippen LogP contribution in [0.2, 0.25) is 0 Å². The molecular formula is C28H27F3N2. The molecule has 1 heterocycles. The van der Waals surface area contributed by atoms with E-state index in [9.17, 15) is 13.2 Å². The van der Waals surface area contributed by atoms with Gasteiger partial charge in [-0.05, 0) is 47.9 Å². The molecule has 3 aromatic carbocycles. The molecule has 4 rings (SSSR count). The van der Waals surface area contributed by atoms with E-state index in [1.165, 1.54) is 28.8 Å². The maximum atomic E-state index is 13.1. The Hall–Kier alpha value is -3.31. The van der Waals surface area contributed by atoms with Crippen LogP contribution < -0.4 is 0 Å². The molecule has 0 N–H and O–H groups in total. The van der Waals surface area contributed by atoms with Crippen LogP contribution in [-0.2, 0) is 32.4 Å². The molecule has 5 heteroatoms. The normalized spacial score (nSPS) is 11.8. The molecule has 0 spiro atoms. The highest BCUT2D eigenvalue weighted by Gasteiger charge is 2.30. The molecule has 0 bridgehead atoms. The first-order chi connectivity index (χ1) is 15.9. The first-order valence-electron chi connectivity index (χ1n) is 11.0. The molecule has 0 aliphatic carbocycles. The van der Waals surface area contributed by atoms with Crippen LogP contribution in [0.4, 0.5) is 13.2 Å². The standard InChI is InChI=1S/C28H27F3N2/c1-22-12-14-24(15-13-22)19-32(18-23-7-3-2-4-8-23)21-27-11-6-16-33(27)20-25-9-5-10-26(17-25)28(29,30)31/h2-17H,18-21H2,1H3. The summed E-state index contributed by atoms with van der Waals surface area (Å²) in [6.07, 6.45) is -2.40. The van der Waals surface area contributed by atoms with Crippen molar-refractivity contribution in [1.82, 2.24) is 9.47 Å². The Labute approximate surface area is 192 Å². The molecule has 0 atom stereocenters. The Morgan fingerprint density at radius 2 is 1.36 bits per heavy atom. The maximum Gasteiger partial charge on any atom is 0.416 e. The van der Waals surface area contributed by atoms with Gasteiger partial charge in [0.1, 0.15) is 0 Å². The van der Waals surface area contributed by atoms with Crippen molar-refractivity contribution in [2.45, 2.75) is 39.3 Å². The van der Waals surface area contributed by atoms with Crippen LogP contribution in [0.3, 0.4) is 0 Å². The van der Waals surface area contributed by atoms with Gasteiger partial charge in [0.2, 0.25) is 0 Å². The smallest absolute Gasteiger partial charge is 0.346 e. The van der Waals surface area contributed by atoms with Crippen LogP contribution in [0.25, 0.3) is 0 Å². The number of rotatable bonds is 8. The van der Waals surface area contributed by atoms with Gasteiger partial charge in [-0.3, -0.25) is 4.90 Å². The topological polar surface area (TPSA) is 8.17 Å². The Morgan fingerprint density at radius 1 is 0.697 bits per heavy atom. The molecule has 0 fully saturated rings. The second-order valence-corrected chi connectivity index (χ2v) is 8.44. The van der Waals surface area contributed by atoms with Crippen molar-refractivity contribution in [1.29, 1.82) is 0 Å². The van der Waals surface area contributed by atoms with Crippen LogP contribution in [0, 0.1) is 6.92 Å². The van der Waals surface area contributed by atoms with Gasteiger partial charge in [0.05, 0.1) is 5.56 Å². The molecule has 0 aliphatic heterocycles. The zero-order chi connectivity index (χ0) is 23.3. The summed E-state index contributed by atoms with van der Waals surface area (Å²) >= 11 is 0. The van der Waals surface area contributed by atoms with Crippen molar-refractivity contribution < 1.29 is 13.2 Å². The highest BCUT2D eigenvalue weighted by atomic mass is 19.4. The van der Waals surface area contributed by atoms with Crippen molar-refractivity contribution in [3.63, 3.8) is 0 Å². The van der Waals surface area contributed by atoms with E-state index in [1.54, 1.807) is 6.07 Å². The monoisotopic (exact) mass is 448 g/mol. The lowest BCUT2D eigenvalue weighted by Gasteiger charge is -2.24. The van der Waals surface area contributed by atoms with Crippen LogP contribution in [-0.4, -0.2) is 9.47 Å². The lowest BCUT2D eigenvalue weighted by Crippen LogP contribution is -2.24. The number of hydrogen-bond donors (Lipinski definition) is 0. The number of hydrogen-bond acceptors (Lipinski definition) is 1. The minimum Gasteiger partial charge on any atom is -0.346 e. The highest BCUT2D eigenvalue weighted by molar-refractivity contribution is 5.27. The SMILES string of the molecule is Cc1ccc(CN(Cc2ccccc2)Cc2cccn2Cc2cccc(C(F)(F)F)c2)cc1. The fraction of sp³-hybridized carbons (Fsp3) is 0.214. The Bertz CT molecular complexity index is 1160. The van der Waals surface area contributed by atoms with Gasteiger partial charge >= 0.3 is 6.18 Å².